The zero-order chi connectivity index (χ0) is 18.3. The second-order valence-electron chi connectivity index (χ2n) is 6.73. The van der Waals surface area contributed by atoms with Crippen molar-refractivity contribution in [1.29, 1.82) is 0 Å². The Balaban J connectivity index is 1.90. The van der Waals surface area contributed by atoms with Crippen molar-refractivity contribution in [3.63, 3.8) is 0 Å². The summed E-state index contributed by atoms with van der Waals surface area (Å²) < 4.78 is 26.0. The van der Waals surface area contributed by atoms with Crippen LogP contribution in [-0.4, -0.2) is 24.4 Å². The molecule has 1 aliphatic carbocycles. The lowest BCUT2D eigenvalue weighted by molar-refractivity contribution is 0.0964. The van der Waals surface area contributed by atoms with E-state index in [4.69, 9.17) is 0 Å². The normalized spacial score (nSPS) is 17.1. The standard InChI is InChI=1S/C21H19NO3S/c1-26(24,25)22-14-18(16-10-6-3-7-11-16)21-19(22)12-17(13-20(21)23)15-8-4-2-5-9-15/h2-11,14,17H,12-13H2,1H3. The number of benzene rings is 2. The van der Waals surface area contributed by atoms with Crippen molar-refractivity contribution in [2.75, 3.05) is 6.26 Å². The number of carbonyl (C=O) groups is 1. The maximum atomic E-state index is 13.0. The third kappa shape index (κ3) is 2.88. The Hall–Kier alpha value is -2.66. The van der Waals surface area contributed by atoms with Crippen molar-refractivity contribution in [2.24, 2.45) is 0 Å². The molecule has 2 aromatic carbocycles. The highest BCUT2D eigenvalue weighted by Crippen LogP contribution is 2.39. The molecule has 4 rings (SSSR count). The Morgan fingerprint density at radius 3 is 2.15 bits per heavy atom. The van der Waals surface area contributed by atoms with Crippen LogP contribution in [0, 0.1) is 0 Å². The average Bonchev–Trinajstić information content (AvgIpc) is 3.04. The number of hydrogen-bond acceptors (Lipinski definition) is 3. The molecular formula is C21H19NO3S. The molecule has 0 amide bonds. The summed E-state index contributed by atoms with van der Waals surface area (Å²) in [7, 11) is -3.50. The number of hydrogen-bond donors (Lipinski definition) is 0. The van der Waals surface area contributed by atoms with Crippen LogP contribution in [0.15, 0.2) is 66.9 Å². The first-order valence-corrected chi connectivity index (χ1v) is 10.4. The van der Waals surface area contributed by atoms with Gasteiger partial charge in [-0.15, -0.1) is 0 Å². The first-order valence-electron chi connectivity index (χ1n) is 8.53. The van der Waals surface area contributed by atoms with Crippen molar-refractivity contribution < 1.29 is 13.2 Å². The molecule has 1 heterocycles. The Kier molecular flexibility index (Phi) is 4.04. The van der Waals surface area contributed by atoms with Crippen molar-refractivity contribution in [3.05, 3.63) is 83.7 Å². The fraction of sp³-hybridized carbons (Fsp3) is 0.190. The maximum Gasteiger partial charge on any atom is 0.235 e. The molecule has 132 valence electrons. The van der Waals surface area contributed by atoms with Gasteiger partial charge in [-0.25, -0.2) is 12.4 Å². The van der Waals surface area contributed by atoms with E-state index in [1.807, 2.05) is 60.7 Å². The minimum absolute atomic E-state index is 0.00126. The predicted octanol–water partition coefficient (Wildman–Crippen LogP) is 3.88. The Morgan fingerprint density at radius 2 is 1.54 bits per heavy atom. The molecule has 0 aliphatic heterocycles. The summed E-state index contributed by atoms with van der Waals surface area (Å²) in [5, 5.41) is 0. The van der Waals surface area contributed by atoms with Gasteiger partial charge in [0, 0.05) is 29.4 Å². The van der Waals surface area contributed by atoms with Gasteiger partial charge in [0.2, 0.25) is 10.0 Å². The summed E-state index contributed by atoms with van der Waals surface area (Å²) in [5.41, 5.74) is 3.76. The highest BCUT2D eigenvalue weighted by molar-refractivity contribution is 7.89. The third-order valence-electron chi connectivity index (χ3n) is 4.93. The zero-order valence-corrected chi connectivity index (χ0v) is 15.2. The Labute approximate surface area is 153 Å². The minimum Gasteiger partial charge on any atom is -0.294 e. The first kappa shape index (κ1) is 16.8. The number of ketones is 1. The maximum absolute atomic E-state index is 13.0. The molecule has 0 N–H and O–H groups in total. The SMILES string of the molecule is CS(=O)(=O)n1cc(-c2ccccc2)c2c1CC(c1ccccc1)CC2=O. The van der Waals surface area contributed by atoms with Crippen LogP contribution in [0.3, 0.4) is 0 Å². The predicted molar refractivity (Wildman–Crippen MR) is 102 cm³/mol. The minimum atomic E-state index is -3.50. The van der Waals surface area contributed by atoms with Gasteiger partial charge in [0.1, 0.15) is 0 Å². The summed E-state index contributed by atoms with van der Waals surface area (Å²) in [6.45, 7) is 0. The molecule has 26 heavy (non-hydrogen) atoms. The highest BCUT2D eigenvalue weighted by atomic mass is 32.2. The average molecular weight is 365 g/mol. The second-order valence-corrected chi connectivity index (χ2v) is 8.59. The van der Waals surface area contributed by atoms with Crippen LogP contribution < -0.4 is 0 Å². The van der Waals surface area contributed by atoms with Crippen LogP contribution in [0.4, 0.5) is 0 Å². The molecule has 0 saturated heterocycles. The zero-order valence-electron chi connectivity index (χ0n) is 14.4. The van der Waals surface area contributed by atoms with Crippen LogP contribution in [0.1, 0.15) is 34.0 Å². The molecule has 0 radical (unpaired) electrons. The summed E-state index contributed by atoms with van der Waals surface area (Å²) in [4.78, 5) is 13.0. The number of aromatic nitrogens is 1. The molecule has 4 nitrogen and oxygen atoms in total. The van der Waals surface area contributed by atoms with Crippen LogP contribution in [0.5, 0.6) is 0 Å². The molecule has 0 bridgehead atoms. The highest BCUT2D eigenvalue weighted by Gasteiger charge is 2.33. The third-order valence-corrected chi connectivity index (χ3v) is 5.97. The lowest BCUT2D eigenvalue weighted by Crippen LogP contribution is -2.23. The number of Topliss-reactive ketones (excluding diaryl/α,β-unsaturated/α-hetero) is 1. The smallest absolute Gasteiger partial charge is 0.235 e. The van der Waals surface area contributed by atoms with E-state index >= 15 is 0 Å². The Morgan fingerprint density at radius 1 is 0.923 bits per heavy atom. The molecule has 1 aliphatic rings. The van der Waals surface area contributed by atoms with Gasteiger partial charge in [0.25, 0.3) is 0 Å². The molecule has 0 saturated carbocycles. The summed E-state index contributed by atoms with van der Waals surface area (Å²) in [6.07, 6.45) is 3.70. The lowest BCUT2D eigenvalue weighted by atomic mass is 9.81. The van der Waals surface area contributed by atoms with Crippen LogP contribution in [-0.2, 0) is 16.4 Å². The molecule has 0 fully saturated rings. The van der Waals surface area contributed by atoms with Gasteiger partial charge in [0.05, 0.1) is 6.26 Å². The lowest BCUT2D eigenvalue weighted by Gasteiger charge is -2.23. The van der Waals surface area contributed by atoms with Crippen LogP contribution in [0.2, 0.25) is 0 Å². The van der Waals surface area contributed by atoms with E-state index < -0.39 is 10.0 Å². The topological polar surface area (TPSA) is 56.1 Å². The molecule has 1 atom stereocenters. The second kappa shape index (κ2) is 6.25. The van der Waals surface area contributed by atoms with Crippen molar-refractivity contribution >= 4 is 15.8 Å². The quantitative estimate of drug-likeness (QED) is 0.708. The van der Waals surface area contributed by atoms with E-state index in [2.05, 4.69) is 0 Å². The summed E-state index contributed by atoms with van der Waals surface area (Å²) in [5.74, 6) is -0.00317. The molecule has 0 spiro atoms. The van der Waals surface area contributed by atoms with Gasteiger partial charge >= 0.3 is 0 Å². The van der Waals surface area contributed by atoms with Gasteiger partial charge in [-0.05, 0) is 23.5 Å². The first-order chi connectivity index (χ1) is 12.4. The molecular weight excluding hydrogens is 346 g/mol. The number of fused-ring (bicyclic) bond motifs is 1. The van der Waals surface area contributed by atoms with E-state index in [9.17, 15) is 13.2 Å². The summed E-state index contributed by atoms with van der Waals surface area (Å²) in [6, 6.07) is 19.3. The van der Waals surface area contributed by atoms with Crippen LogP contribution >= 0.6 is 0 Å². The molecule has 1 unspecified atom stereocenters. The van der Waals surface area contributed by atoms with Crippen molar-refractivity contribution in [3.8, 4) is 11.1 Å². The van der Waals surface area contributed by atoms with E-state index in [-0.39, 0.29) is 11.7 Å². The van der Waals surface area contributed by atoms with E-state index in [1.54, 1.807) is 6.20 Å². The largest absolute Gasteiger partial charge is 0.294 e. The van der Waals surface area contributed by atoms with Gasteiger partial charge in [-0.2, -0.15) is 0 Å². The number of rotatable bonds is 3. The van der Waals surface area contributed by atoms with Gasteiger partial charge in [-0.3, -0.25) is 4.79 Å². The Bertz CT molecular complexity index is 1070. The molecule has 5 heteroatoms. The molecule has 3 aromatic rings. The van der Waals surface area contributed by atoms with Crippen molar-refractivity contribution in [2.45, 2.75) is 18.8 Å². The van der Waals surface area contributed by atoms with E-state index in [0.29, 0.717) is 29.7 Å². The number of nitrogens with zero attached hydrogens (tertiary/aromatic N) is 1. The van der Waals surface area contributed by atoms with Gasteiger partial charge < -0.3 is 0 Å². The van der Waals surface area contributed by atoms with Gasteiger partial charge in [-0.1, -0.05) is 60.7 Å². The van der Waals surface area contributed by atoms with Crippen molar-refractivity contribution in [1.82, 2.24) is 3.97 Å². The van der Waals surface area contributed by atoms with E-state index in [0.717, 1.165) is 11.1 Å². The van der Waals surface area contributed by atoms with Gasteiger partial charge in [0.15, 0.2) is 5.78 Å². The van der Waals surface area contributed by atoms with E-state index in [1.165, 1.54) is 10.2 Å². The fourth-order valence-corrected chi connectivity index (χ4v) is 4.62. The monoisotopic (exact) mass is 365 g/mol. The fourth-order valence-electron chi connectivity index (χ4n) is 3.75. The molecule has 1 aromatic heterocycles. The van der Waals surface area contributed by atoms with Crippen LogP contribution in [0.25, 0.3) is 11.1 Å². The number of carbonyl (C=O) groups excluding carboxylic acids is 1. The summed E-state index contributed by atoms with van der Waals surface area (Å²) >= 11 is 0.